The molecule has 0 aromatic heterocycles. The average Bonchev–Trinajstić information content (AvgIpc) is 2.65. The molecule has 1 N–H and O–H groups in total. The van der Waals surface area contributed by atoms with Gasteiger partial charge in [-0.2, -0.15) is 11.8 Å². The van der Waals surface area contributed by atoms with Crippen molar-refractivity contribution in [1.29, 1.82) is 0 Å². The normalized spacial score (nSPS) is 18.8. The van der Waals surface area contributed by atoms with Gasteiger partial charge in [-0.1, -0.05) is 19.3 Å². The minimum atomic E-state index is -3.53. The van der Waals surface area contributed by atoms with Crippen molar-refractivity contribution in [3.63, 3.8) is 0 Å². The molecule has 3 rings (SSSR count). The Morgan fingerprint density at radius 1 is 1.08 bits per heavy atom. The zero-order valence-corrected chi connectivity index (χ0v) is 16.7. The predicted octanol–water partition coefficient (Wildman–Crippen LogP) is 3.92. The number of aryl methyl sites for hydroxylation is 2. The van der Waals surface area contributed by atoms with Crippen LogP contribution in [0.2, 0.25) is 0 Å². The van der Waals surface area contributed by atoms with Gasteiger partial charge in [0.25, 0.3) is 0 Å². The van der Waals surface area contributed by atoms with Gasteiger partial charge < -0.3 is 4.74 Å². The van der Waals surface area contributed by atoms with Crippen LogP contribution in [0.1, 0.15) is 56.1 Å². The van der Waals surface area contributed by atoms with Crippen LogP contribution in [0.5, 0.6) is 5.75 Å². The van der Waals surface area contributed by atoms with E-state index in [4.69, 9.17) is 4.74 Å². The number of hydrogen-bond donors (Lipinski definition) is 1. The molecule has 0 radical (unpaired) electrons. The van der Waals surface area contributed by atoms with E-state index >= 15 is 0 Å². The quantitative estimate of drug-likeness (QED) is 0.725. The SMILES string of the molecule is COc1cc2c(cc1S(=O)(=O)NCCSC1CCCCC1)CCCC2. The van der Waals surface area contributed by atoms with E-state index in [0.717, 1.165) is 30.6 Å². The second-order valence-electron chi connectivity index (χ2n) is 7.01. The van der Waals surface area contributed by atoms with Gasteiger partial charge in [0.05, 0.1) is 7.11 Å². The third kappa shape index (κ3) is 4.92. The van der Waals surface area contributed by atoms with E-state index in [-0.39, 0.29) is 0 Å². The largest absolute Gasteiger partial charge is 0.495 e. The lowest BCUT2D eigenvalue weighted by Gasteiger charge is -2.21. The molecular weight excluding hydrogens is 354 g/mol. The molecule has 1 fully saturated rings. The number of rotatable bonds is 7. The number of nitrogens with one attached hydrogen (secondary N) is 1. The molecule has 0 amide bonds. The van der Waals surface area contributed by atoms with E-state index in [9.17, 15) is 8.42 Å². The van der Waals surface area contributed by atoms with Crippen LogP contribution in [-0.2, 0) is 22.9 Å². The van der Waals surface area contributed by atoms with Crippen LogP contribution in [0, 0.1) is 0 Å². The van der Waals surface area contributed by atoms with Crippen LogP contribution in [0.15, 0.2) is 17.0 Å². The van der Waals surface area contributed by atoms with Crippen LogP contribution in [0.25, 0.3) is 0 Å². The Hall–Kier alpha value is -0.720. The first-order valence-electron chi connectivity index (χ1n) is 9.41. The van der Waals surface area contributed by atoms with Crippen molar-refractivity contribution in [2.45, 2.75) is 67.9 Å². The smallest absolute Gasteiger partial charge is 0.244 e. The monoisotopic (exact) mass is 383 g/mol. The Labute approximate surface area is 156 Å². The highest BCUT2D eigenvalue weighted by Crippen LogP contribution is 2.32. The molecule has 0 aliphatic heterocycles. The maximum absolute atomic E-state index is 12.7. The number of benzene rings is 1. The Morgan fingerprint density at radius 2 is 1.76 bits per heavy atom. The molecule has 0 unspecified atom stereocenters. The molecule has 0 spiro atoms. The molecule has 0 heterocycles. The third-order valence-corrected chi connectivity index (χ3v) is 8.08. The second kappa shape index (κ2) is 8.78. The predicted molar refractivity (Wildman–Crippen MR) is 104 cm³/mol. The van der Waals surface area contributed by atoms with Crippen molar-refractivity contribution in [3.8, 4) is 5.75 Å². The Bertz CT molecular complexity index is 682. The molecule has 6 heteroatoms. The summed E-state index contributed by atoms with van der Waals surface area (Å²) in [6, 6.07) is 3.74. The van der Waals surface area contributed by atoms with Gasteiger partial charge in [0, 0.05) is 17.5 Å². The summed E-state index contributed by atoms with van der Waals surface area (Å²) in [6.45, 7) is 0.476. The molecular formula is C19H29NO3S2. The van der Waals surface area contributed by atoms with E-state index in [0.29, 0.717) is 22.4 Å². The van der Waals surface area contributed by atoms with Gasteiger partial charge in [-0.15, -0.1) is 0 Å². The topological polar surface area (TPSA) is 55.4 Å². The lowest BCUT2D eigenvalue weighted by Crippen LogP contribution is -2.27. The van der Waals surface area contributed by atoms with Gasteiger partial charge in [-0.3, -0.25) is 0 Å². The van der Waals surface area contributed by atoms with Crippen molar-refractivity contribution < 1.29 is 13.2 Å². The highest BCUT2D eigenvalue weighted by molar-refractivity contribution is 8.00. The van der Waals surface area contributed by atoms with Gasteiger partial charge in [0.2, 0.25) is 10.0 Å². The van der Waals surface area contributed by atoms with Gasteiger partial charge >= 0.3 is 0 Å². The minimum absolute atomic E-state index is 0.290. The molecule has 140 valence electrons. The summed E-state index contributed by atoms with van der Waals surface area (Å²) in [6.07, 6.45) is 10.8. The fourth-order valence-corrected chi connectivity index (χ4v) is 6.40. The van der Waals surface area contributed by atoms with Crippen molar-refractivity contribution in [2.24, 2.45) is 0 Å². The van der Waals surface area contributed by atoms with Gasteiger partial charge in [-0.05, 0) is 61.8 Å². The molecule has 0 bridgehead atoms. The molecule has 2 aliphatic rings. The van der Waals surface area contributed by atoms with Crippen LogP contribution in [-0.4, -0.2) is 33.1 Å². The fourth-order valence-electron chi connectivity index (χ4n) is 3.82. The highest BCUT2D eigenvalue weighted by atomic mass is 32.2. The van der Waals surface area contributed by atoms with Crippen LogP contribution in [0.3, 0.4) is 0 Å². The third-order valence-electron chi connectivity index (χ3n) is 5.22. The Morgan fingerprint density at radius 3 is 2.44 bits per heavy atom. The van der Waals surface area contributed by atoms with E-state index < -0.39 is 10.0 Å². The molecule has 0 saturated heterocycles. The van der Waals surface area contributed by atoms with E-state index in [1.807, 2.05) is 23.9 Å². The van der Waals surface area contributed by atoms with E-state index in [2.05, 4.69) is 4.72 Å². The Kier molecular flexibility index (Phi) is 6.69. The molecule has 1 saturated carbocycles. The highest BCUT2D eigenvalue weighted by Gasteiger charge is 2.23. The molecule has 4 nitrogen and oxygen atoms in total. The summed E-state index contributed by atoms with van der Waals surface area (Å²) in [5.74, 6) is 1.30. The number of ether oxygens (including phenoxy) is 1. The summed E-state index contributed by atoms with van der Waals surface area (Å²) in [5, 5.41) is 0.705. The molecule has 1 aromatic rings. The van der Waals surface area contributed by atoms with Crippen LogP contribution in [0.4, 0.5) is 0 Å². The summed E-state index contributed by atoms with van der Waals surface area (Å²) >= 11 is 1.91. The zero-order chi connectivity index (χ0) is 17.7. The summed E-state index contributed by atoms with van der Waals surface area (Å²) in [5.41, 5.74) is 2.39. The van der Waals surface area contributed by atoms with Crippen molar-refractivity contribution in [1.82, 2.24) is 4.72 Å². The van der Waals surface area contributed by atoms with E-state index in [1.54, 1.807) is 7.11 Å². The lowest BCUT2D eigenvalue weighted by atomic mass is 9.92. The first-order valence-corrected chi connectivity index (χ1v) is 11.9. The van der Waals surface area contributed by atoms with Crippen molar-refractivity contribution >= 4 is 21.8 Å². The standard InChI is InChI=1S/C19H29NO3S2/c1-23-18-13-15-7-5-6-8-16(15)14-19(18)25(21,22)20-11-12-24-17-9-3-2-4-10-17/h13-14,17,20H,2-12H2,1H3. The van der Waals surface area contributed by atoms with Crippen molar-refractivity contribution in [3.05, 3.63) is 23.3 Å². The van der Waals surface area contributed by atoms with Gasteiger partial charge in [0.15, 0.2) is 0 Å². The summed E-state index contributed by atoms with van der Waals surface area (Å²) < 4.78 is 33.6. The number of hydrogen-bond acceptors (Lipinski definition) is 4. The van der Waals surface area contributed by atoms with Crippen LogP contribution >= 0.6 is 11.8 Å². The molecule has 25 heavy (non-hydrogen) atoms. The average molecular weight is 384 g/mol. The lowest BCUT2D eigenvalue weighted by molar-refractivity contribution is 0.401. The zero-order valence-electron chi connectivity index (χ0n) is 15.1. The second-order valence-corrected chi connectivity index (χ2v) is 10.2. The van der Waals surface area contributed by atoms with Gasteiger partial charge in [0.1, 0.15) is 10.6 Å². The first-order chi connectivity index (χ1) is 12.1. The minimum Gasteiger partial charge on any atom is -0.495 e. The first kappa shape index (κ1) is 19.1. The van der Waals surface area contributed by atoms with E-state index in [1.165, 1.54) is 44.1 Å². The number of thioether (sulfide) groups is 1. The maximum atomic E-state index is 12.7. The number of methoxy groups -OCH3 is 1. The van der Waals surface area contributed by atoms with Crippen molar-refractivity contribution in [2.75, 3.05) is 19.4 Å². The molecule has 0 atom stereocenters. The summed E-state index contributed by atoms with van der Waals surface area (Å²) in [4.78, 5) is 0.290. The number of sulfonamides is 1. The van der Waals surface area contributed by atoms with Gasteiger partial charge in [-0.25, -0.2) is 13.1 Å². The molecule has 2 aliphatic carbocycles. The fraction of sp³-hybridized carbons (Fsp3) is 0.684. The number of fused-ring (bicyclic) bond motifs is 1. The molecule has 1 aromatic carbocycles. The Balaban J connectivity index is 1.62. The van der Waals surface area contributed by atoms with Crippen LogP contribution < -0.4 is 9.46 Å². The summed E-state index contributed by atoms with van der Waals surface area (Å²) in [7, 11) is -1.98. The maximum Gasteiger partial charge on any atom is 0.244 e.